The highest BCUT2D eigenvalue weighted by atomic mass is 127. The summed E-state index contributed by atoms with van der Waals surface area (Å²) in [4.78, 5) is 10.6. The van der Waals surface area contributed by atoms with Gasteiger partial charge in [-0.3, -0.25) is 0 Å². The van der Waals surface area contributed by atoms with Crippen LogP contribution >= 0.6 is 35.3 Å². The Morgan fingerprint density at radius 1 is 1.17 bits per heavy atom. The molecule has 0 atom stereocenters. The van der Waals surface area contributed by atoms with Gasteiger partial charge in [-0.05, 0) is 39.3 Å². The molecule has 29 heavy (non-hydrogen) atoms. The monoisotopic (exact) mass is 532 g/mol. The molecular formula is C21H33IN4O2S. The van der Waals surface area contributed by atoms with Gasteiger partial charge in [0.15, 0.2) is 5.96 Å². The van der Waals surface area contributed by atoms with Crippen molar-refractivity contribution in [3.63, 3.8) is 0 Å². The third kappa shape index (κ3) is 8.88. The van der Waals surface area contributed by atoms with E-state index < -0.39 is 0 Å². The number of aryl methyl sites for hydroxylation is 3. The molecule has 0 aliphatic carbocycles. The minimum atomic E-state index is 0. The fourth-order valence-corrected chi connectivity index (χ4v) is 3.47. The molecule has 8 heteroatoms. The lowest BCUT2D eigenvalue weighted by Gasteiger charge is -2.13. The molecule has 0 radical (unpaired) electrons. The minimum absolute atomic E-state index is 0. The van der Waals surface area contributed by atoms with Crippen molar-refractivity contribution in [2.75, 3.05) is 26.9 Å². The lowest BCUT2D eigenvalue weighted by atomic mass is 10.1. The topological polar surface area (TPSA) is 67.8 Å². The second kappa shape index (κ2) is 13.8. The minimum Gasteiger partial charge on any atom is -0.493 e. The van der Waals surface area contributed by atoms with Crippen LogP contribution in [0.2, 0.25) is 0 Å². The van der Waals surface area contributed by atoms with Gasteiger partial charge in [0.05, 0.1) is 25.4 Å². The summed E-state index contributed by atoms with van der Waals surface area (Å²) in [5.41, 5.74) is 3.34. The fourth-order valence-electron chi connectivity index (χ4n) is 2.59. The molecule has 0 saturated heterocycles. The van der Waals surface area contributed by atoms with Crippen LogP contribution in [0.4, 0.5) is 0 Å². The molecule has 0 amide bonds. The van der Waals surface area contributed by atoms with Gasteiger partial charge < -0.3 is 20.1 Å². The quantitative estimate of drug-likeness (QED) is 0.206. The smallest absolute Gasteiger partial charge is 0.191 e. The number of hydrogen-bond donors (Lipinski definition) is 2. The molecule has 1 aromatic heterocycles. The summed E-state index contributed by atoms with van der Waals surface area (Å²) in [6.07, 6.45) is 0.865. The molecule has 2 rings (SSSR count). The number of nitrogens with one attached hydrogen (secondary N) is 2. The average Bonchev–Trinajstić information content (AvgIpc) is 3.00. The number of ether oxygens (including phenoxy) is 2. The first kappa shape index (κ1) is 25.6. The molecule has 2 aromatic rings. The van der Waals surface area contributed by atoms with Gasteiger partial charge in [-0.15, -0.1) is 35.3 Å². The number of guanidine groups is 1. The number of nitrogens with zero attached hydrogens (tertiary/aromatic N) is 2. The van der Waals surface area contributed by atoms with Crippen LogP contribution in [-0.2, 0) is 17.8 Å². The van der Waals surface area contributed by atoms with Crippen molar-refractivity contribution in [1.82, 2.24) is 15.6 Å². The van der Waals surface area contributed by atoms with Gasteiger partial charge in [-0.2, -0.15) is 0 Å². The van der Waals surface area contributed by atoms with Crippen molar-refractivity contribution >= 4 is 41.3 Å². The number of thiazole rings is 1. The molecule has 0 aliphatic heterocycles. The molecule has 6 nitrogen and oxygen atoms in total. The number of aromatic nitrogens is 1. The standard InChI is InChI=1S/C21H32N4O2S.HI/c1-6-22-21(24-14-20-25-16(3)17(4)28-20)23-13-18-9-8-15(2)12-19(18)27-11-7-10-26-5;/h8-9,12H,6-7,10-11,13-14H2,1-5H3,(H2,22,23,24);1H. The lowest BCUT2D eigenvalue weighted by molar-refractivity contribution is 0.172. The number of halogens is 1. The SMILES string of the molecule is CCNC(=NCc1ccc(C)cc1OCCCOC)NCc1nc(C)c(C)s1.I. The van der Waals surface area contributed by atoms with Crippen LogP contribution in [0.15, 0.2) is 23.2 Å². The molecule has 0 spiro atoms. The number of methoxy groups -OCH3 is 1. The van der Waals surface area contributed by atoms with Crippen molar-refractivity contribution in [3.05, 3.63) is 44.9 Å². The largest absolute Gasteiger partial charge is 0.493 e. The highest BCUT2D eigenvalue weighted by Crippen LogP contribution is 2.21. The normalized spacial score (nSPS) is 11.1. The van der Waals surface area contributed by atoms with Crippen molar-refractivity contribution in [2.24, 2.45) is 4.99 Å². The number of aliphatic imine (C=N–C) groups is 1. The van der Waals surface area contributed by atoms with E-state index in [1.165, 1.54) is 10.4 Å². The molecule has 2 N–H and O–H groups in total. The Balaban J connectivity index is 0.00000420. The number of benzene rings is 1. The van der Waals surface area contributed by atoms with E-state index in [1.807, 2.05) is 6.92 Å². The van der Waals surface area contributed by atoms with Crippen LogP contribution < -0.4 is 15.4 Å². The highest BCUT2D eigenvalue weighted by Gasteiger charge is 2.07. The van der Waals surface area contributed by atoms with Gasteiger partial charge in [0.25, 0.3) is 0 Å². The van der Waals surface area contributed by atoms with Crippen LogP contribution in [0.3, 0.4) is 0 Å². The highest BCUT2D eigenvalue weighted by molar-refractivity contribution is 14.0. The summed E-state index contributed by atoms with van der Waals surface area (Å²) in [6.45, 7) is 11.6. The molecule has 0 unspecified atom stereocenters. The zero-order chi connectivity index (χ0) is 20.4. The van der Waals surface area contributed by atoms with Crippen LogP contribution in [-0.4, -0.2) is 37.8 Å². The van der Waals surface area contributed by atoms with E-state index in [1.54, 1.807) is 18.4 Å². The Labute approximate surface area is 195 Å². The molecule has 1 heterocycles. The van der Waals surface area contributed by atoms with Gasteiger partial charge in [-0.1, -0.05) is 12.1 Å². The average molecular weight is 532 g/mol. The molecule has 162 valence electrons. The van der Waals surface area contributed by atoms with Gasteiger partial charge in [0.1, 0.15) is 10.8 Å². The summed E-state index contributed by atoms with van der Waals surface area (Å²) >= 11 is 1.72. The first-order chi connectivity index (χ1) is 13.5. The van der Waals surface area contributed by atoms with Gasteiger partial charge in [0.2, 0.25) is 0 Å². The predicted molar refractivity (Wildman–Crippen MR) is 132 cm³/mol. The maximum absolute atomic E-state index is 5.96. The van der Waals surface area contributed by atoms with Gasteiger partial charge >= 0.3 is 0 Å². The maximum atomic E-state index is 5.96. The van der Waals surface area contributed by atoms with Crippen LogP contribution in [0.5, 0.6) is 5.75 Å². The van der Waals surface area contributed by atoms with E-state index >= 15 is 0 Å². The van der Waals surface area contributed by atoms with E-state index in [4.69, 9.17) is 14.5 Å². The lowest BCUT2D eigenvalue weighted by Crippen LogP contribution is -2.36. The Hall–Kier alpha value is -1.39. The van der Waals surface area contributed by atoms with Crippen LogP contribution in [0.25, 0.3) is 0 Å². The second-order valence-electron chi connectivity index (χ2n) is 6.60. The number of rotatable bonds is 10. The van der Waals surface area contributed by atoms with Gasteiger partial charge in [0, 0.05) is 37.1 Å². The summed E-state index contributed by atoms with van der Waals surface area (Å²) in [6, 6.07) is 6.25. The summed E-state index contributed by atoms with van der Waals surface area (Å²) in [7, 11) is 1.70. The second-order valence-corrected chi connectivity index (χ2v) is 7.89. The van der Waals surface area contributed by atoms with E-state index in [2.05, 4.69) is 54.6 Å². The first-order valence-corrected chi connectivity index (χ1v) is 10.5. The summed E-state index contributed by atoms with van der Waals surface area (Å²) < 4.78 is 11.0. The Morgan fingerprint density at radius 3 is 2.62 bits per heavy atom. The van der Waals surface area contributed by atoms with E-state index in [-0.39, 0.29) is 24.0 Å². The van der Waals surface area contributed by atoms with Crippen molar-refractivity contribution in [1.29, 1.82) is 0 Å². The Kier molecular flexibility index (Phi) is 12.2. The van der Waals surface area contributed by atoms with Crippen LogP contribution in [0.1, 0.15) is 40.1 Å². The fraction of sp³-hybridized carbons (Fsp3) is 0.524. The van der Waals surface area contributed by atoms with E-state index in [0.29, 0.717) is 26.3 Å². The Bertz CT molecular complexity index is 761. The van der Waals surface area contributed by atoms with Gasteiger partial charge in [-0.25, -0.2) is 9.98 Å². The molecule has 0 saturated carbocycles. The van der Waals surface area contributed by atoms with Crippen molar-refractivity contribution < 1.29 is 9.47 Å². The summed E-state index contributed by atoms with van der Waals surface area (Å²) in [5.74, 6) is 1.67. The van der Waals surface area contributed by atoms with E-state index in [0.717, 1.165) is 40.9 Å². The number of hydrogen-bond acceptors (Lipinski definition) is 5. The van der Waals surface area contributed by atoms with Crippen molar-refractivity contribution in [2.45, 2.75) is 47.2 Å². The Morgan fingerprint density at radius 2 is 1.97 bits per heavy atom. The molecule has 0 fully saturated rings. The maximum Gasteiger partial charge on any atom is 0.191 e. The third-order valence-corrected chi connectivity index (χ3v) is 5.28. The molecule has 0 bridgehead atoms. The third-order valence-electron chi connectivity index (χ3n) is 4.20. The summed E-state index contributed by atoms with van der Waals surface area (Å²) in [5, 5.41) is 7.73. The molecule has 0 aliphatic rings. The molecular weight excluding hydrogens is 499 g/mol. The first-order valence-electron chi connectivity index (χ1n) is 9.69. The molecule has 1 aromatic carbocycles. The van der Waals surface area contributed by atoms with Crippen LogP contribution in [0, 0.1) is 20.8 Å². The predicted octanol–water partition coefficient (Wildman–Crippen LogP) is 4.36. The van der Waals surface area contributed by atoms with Crippen molar-refractivity contribution in [3.8, 4) is 5.75 Å². The van der Waals surface area contributed by atoms with E-state index in [9.17, 15) is 0 Å². The zero-order valence-electron chi connectivity index (χ0n) is 18.0. The zero-order valence-corrected chi connectivity index (χ0v) is 21.1.